The van der Waals surface area contributed by atoms with E-state index in [1.807, 2.05) is 0 Å². The van der Waals surface area contributed by atoms with Gasteiger partial charge in [0.15, 0.2) is 0 Å². The third-order valence-electron chi connectivity index (χ3n) is 2.25. The van der Waals surface area contributed by atoms with Crippen molar-refractivity contribution in [3.8, 4) is 0 Å². The number of rotatable bonds is 9. The molecule has 0 heterocycles. The molecule has 0 aromatic heterocycles. The topological polar surface area (TPSA) is 72.2 Å². The minimum Gasteiger partial charge on any atom is -0.347 e. The Hall–Kier alpha value is -0.900. The second-order valence-corrected chi connectivity index (χ2v) is 3.70. The molecule has 0 aliphatic heterocycles. The van der Waals surface area contributed by atoms with Gasteiger partial charge in [0.2, 0.25) is 5.91 Å². The van der Waals surface area contributed by atoms with E-state index in [-0.39, 0.29) is 5.91 Å². The molecular weight excluding hydrogens is 192 g/mol. The largest absolute Gasteiger partial charge is 0.347 e. The first kappa shape index (κ1) is 14.1. The van der Waals surface area contributed by atoms with E-state index in [9.17, 15) is 9.59 Å². The van der Waals surface area contributed by atoms with E-state index in [1.54, 1.807) is 0 Å². The van der Waals surface area contributed by atoms with Crippen LogP contribution in [0.25, 0.3) is 0 Å². The molecule has 0 aliphatic carbocycles. The van der Waals surface area contributed by atoms with Gasteiger partial charge in [-0.1, -0.05) is 26.2 Å². The summed E-state index contributed by atoms with van der Waals surface area (Å²) in [6, 6.07) is -0.409. The van der Waals surface area contributed by atoms with Crippen LogP contribution in [0.4, 0.5) is 0 Å². The fourth-order valence-corrected chi connectivity index (χ4v) is 1.35. The van der Waals surface area contributed by atoms with Crippen molar-refractivity contribution in [3.05, 3.63) is 0 Å². The number of carbonyl (C=O) groups excluding carboxylic acids is 2. The van der Waals surface area contributed by atoms with Crippen LogP contribution < -0.4 is 11.1 Å². The number of hydrogen-bond donors (Lipinski definition) is 2. The molecule has 4 heteroatoms. The van der Waals surface area contributed by atoms with E-state index in [0.717, 1.165) is 32.0 Å². The van der Waals surface area contributed by atoms with Gasteiger partial charge in [0.1, 0.15) is 6.29 Å². The second kappa shape index (κ2) is 9.65. The van der Waals surface area contributed by atoms with Gasteiger partial charge in [-0.15, -0.1) is 0 Å². The van der Waals surface area contributed by atoms with Crippen molar-refractivity contribution in [3.63, 3.8) is 0 Å². The Morgan fingerprint density at radius 3 is 2.67 bits per heavy atom. The van der Waals surface area contributed by atoms with Crippen LogP contribution in [-0.2, 0) is 9.59 Å². The molecule has 0 aromatic carbocycles. The molecule has 15 heavy (non-hydrogen) atoms. The summed E-state index contributed by atoms with van der Waals surface area (Å²) < 4.78 is 0. The molecule has 0 radical (unpaired) electrons. The van der Waals surface area contributed by atoms with Gasteiger partial charge in [0.05, 0.1) is 6.04 Å². The van der Waals surface area contributed by atoms with E-state index in [4.69, 9.17) is 5.73 Å². The van der Waals surface area contributed by atoms with Crippen LogP contribution in [0.2, 0.25) is 0 Å². The van der Waals surface area contributed by atoms with Crippen LogP contribution in [0.1, 0.15) is 45.4 Å². The zero-order valence-corrected chi connectivity index (χ0v) is 9.50. The number of unbranched alkanes of at least 4 members (excludes halogenated alkanes) is 3. The zero-order chi connectivity index (χ0) is 11.5. The standard InChI is InChI=1S/C11H22N2O2/c1-2-3-4-5-6-11(15)13-10(9-14)7-8-12/h9-10H,2-8,12H2,1H3,(H,13,15)/t10-/m0/s1. The summed E-state index contributed by atoms with van der Waals surface area (Å²) in [7, 11) is 0. The molecule has 0 aromatic rings. The first-order chi connectivity index (χ1) is 7.24. The van der Waals surface area contributed by atoms with Crippen molar-refractivity contribution in [2.24, 2.45) is 5.73 Å². The third kappa shape index (κ3) is 8.12. The van der Waals surface area contributed by atoms with E-state index < -0.39 is 6.04 Å². The van der Waals surface area contributed by atoms with Gasteiger partial charge in [0.25, 0.3) is 0 Å². The predicted molar refractivity (Wildman–Crippen MR) is 60.4 cm³/mol. The van der Waals surface area contributed by atoms with Crippen LogP contribution >= 0.6 is 0 Å². The highest BCUT2D eigenvalue weighted by atomic mass is 16.2. The Morgan fingerprint density at radius 1 is 1.40 bits per heavy atom. The Labute approximate surface area is 91.6 Å². The fraction of sp³-hybridized carbons (Fsp3) is 0.818. The van der Waals surface area contributed by atoms with Gasteiger partial charge in [-0.05, 0) is 19.4 Å². The maximum absolute atomic E-state index is 11.3. The molecule has 0 saturated heterocycles. The number of nitrogens with one attached hydrogen (secondary N) is 1. The summed E-state index contributed by atoms with van der Waals surface area (Å²) in [6.45, 7) is 2.54. The molecule has 0 rings (SSSR count). The SMILES string of the molecule is CCCCCCC(=O)N[C@H](C=O)CCN. The summed E-state index contributed by atoms with van der Waals surface area (Å²) in [5.74, 6) is -0.0448. The van der Waals surface area contributed by atoms with Crippen molar-refractivity contribution in [1.82, 2.24) is 5.32 Å². The quantitative estimate of drug-likeness (QED) is 0.444. The number of carbonyl (C=O) groups is 2. The Balaban J connectivity index is 3.57. The minimum atomic E-state index is -0.409. The van der Waals surface area contributed by atoms with Crippen LogP contribution in [0, 0.1) is 0 Å². The number of nitrogens with two attached hydrogens (primary N) is 1. The summed E-state index contributed by atoms with van der Waals surface area (Å²) in [4.78, 5) is 21.9. The predicted octanol–water partition coefficient (Wildman–Crippen LogP) is 0.989. The lowest BCUT2D eigenvalue weighted by Gasteiger charge is -2.11. The van der Waals surface area contributed by atoms with Crippen molar-refractivity contribution in [2.45, 2.75) is 51.5 Å². The summed E-state index contributed by atoms with van der Waals surface area (Å²) in [5.41, 5.74) is 5.31. The first-order valence-electron chi connectivity index (χ1n) is 5.69. The van der Waals surface area contributed by atoms with Crippen molar-refractivity contribution in [2.75, 3.05) is 6.54 Å². The van der Waals surface area contributed by atoms with E-state index in [2.05, 4.69) is 12.2 Å². The Bertz CT molecular complexity index is 183. The molecule has 0 unspecified atom stereocenters. The summed E-state index contributed by atoms with van der Waals surface area (Å²) in [6.07, 6.45) is 6.06. The molecule has 0 fully saturated rings. The van der Waals surface area contributed by atoms with E-state index >= 15 is 0 Å². The van der Waals surface area contributed by atoms with Crippen molar-refractivity contribution in [1.29, 1.82) is 0 Å². The van der Waals surface area contributed by atoms with E-state index in [1.165, 1.54) is 0 Å². The monoisotopic (exact) mass is 214 g/mol. The first-order valence-corrected chi connectivity index (χ1v) is 5.69. The number of aldehydes is 1. The maximum Gasteiger partial charge on any atom is 0.220 e. The molecule has 1 atom stereocenters. The minimum absolute atomic E-state index is 0.0448. The van der Waals surface area contributed by atoms with Gasteiger partial charge in [-0.25, -0.2) is 0 Å². The number of hydrogen-bond acceptors (Lipinski definition) is 3. The average Bonchev–Trinajstić information content (AvgIpc) is 2.24. The van der Waals surface area contributed by atoms with Crippen LogP contribution in [0.15, 0.2) is 0 Å². The van der Waals surface area contributed by atoms with Gasteiger partial charge >= 0.3 is 0 Å². The Morgan fingerprint density at radius 2 is 2.13 bits per heavy atom. The molecule has 0 bridgehead atoms. The maximum atomic E-state index is 11.3. The lowest BCUT2D eigenvalue weighted by molar-refractivity contribution is -0.124. The van der Waals surface area contributed by atoms with Gasteiger partial charge in [-0.3, -0.25) is 4.79 Å². The van der Waals surface area contributed by atoms with Gasteiger partial charge in [0, 0.05) is 6.42 Å². The average molecular weight is 214 g/mol. The van der Waals surface area contributed by atoms with Crippen LogP contribution in [0.5, 0.6) is 0 Å². The smallest absolute Gasteiger partial charge is 0.220 e. The highest BCUT2D eigenvalue weighted by Gasteiger charge is 2.09. The van der Waals surface area contributed by atoms with Gasteiger partial charge in [-0.2, -0.15) is 0 Å². The normalized spacial score (nSPS) is 12.1. The van der Waals surface area contributed by atoms with Crippen LogP contribution in [-0.4, -0.2) is 24.8 Å². The molecule has 1 amide bonds. The van der Waals surface area contributed by atoms with Gasteiger partial charge < -0.3 is 15.8 Å². The summed E-state index contributed by atoms with van der Waals surface area (Å²) in [5, 5.41) is 2.66. The fourth-order valence-electron chi connectivity index (χ4n) is 1.35. The summed E-state index contributed by atoms with van der Waals surface area (Å²) >= 11 is 0. The Kier molecular flexibility index (Phi) is 9.07. The molecule has 0 saturated carbocycles. The second-order valence-electron chi connectivity index (χ2n) is 3.70. The highest BCUT2D eigenvalue weighted by molar-refractivity contribution is 5.79. The lowest BCUT2D eigenvalue weighted by atomic mass is 10.1. The lowest BCUT2D eigenvalue weighted by Crippen LogP contribution is -2.37. The molecule has 88 valence electrons. The molecule has 0 aliphatic rings. The molecule has 3 N–H and O–H groups in total. The highest BCUT2D eigenvalue weighted by Crippen LogP contribution is 2.02. The molecule has 4 nitrogen and oxygen atoms in total. The third-order valence-corrected chi connectivity index (χ3v) is 2.25. The molecular formula is C11H22N2O2. The van der Waals surface area contributed by atoms with Crippen molar-refractivity contribution >= 4 is 12.2 Å². The molecule has 0 spiro atoms. The van der Waals surface area contributed by atoms with Crippen molar-refractivity contribution < 1.29 is 9.59 Å². The van der Waals surface area contributed by atoms with Crippen LogP contribution in [0.3, 0.4) is 0 Å². The van der Waals surface area contributed by atoms with E-state index in [0.29, 0.717) is 19.4 Å². The zero-order valence-electron chi connectivity index (χ0n) is 9.50. The number of amides is 1.